The zero-order valence-corrected chi connectivity index (χ0v) is 11.8. The van der Waals surface area contributed by atoms with Gasteiger partial charge in [-0.1, -0.05) is 6.92 Å². The van der Waals surface area contributed by atoms with Gasteiger partial charge in [0.1, 0.15) is 12.2 Å². The first kappa shape index (κ1) is 14.3. The van der Waals surface area contributed by atoms with Crippen molar-refractivity contribution >= 4 is 23.2 Å². The number of aromatic nitrogens is 2. The maximum atomic E-state index is 12.0. The van der Waals surface area contributed by atoms with Gasteiger partial charge < -0.3 is 15.0 Å². The first-order chi connectivity index (χ1) is 9.58. The SMILES string of the molecule is CC(CNC(=O)c1cccn1CC(=O)O)c1nccs1. The Morgan fingerprint density at radius 2 is 2.35 bits per heavy atom. The number of aliphatic carboxylic acids is 1. The smallest absolute Gasteiger partial charge is 0.323 e. The number of hydrogen-bond acceptors (Lipinski definition) is 4. The van der Waals surface area contributed by atoms with Gasteiger partial charge in [-0.3, -0.25) is 9.59 Å². The quantitative estimate of drug-likeness (QED) is 0.846. The largest absolute Gasteiger partial charge is 0.480 e. The molecule has 2 N–H and O–H groups in total. The van der Waals surface area contributed by atoms with Crippen molar-refractivity contribution in [3.8, 4) is 0 Å². The molecule has 0 radical (unpaired) electrons. The number of carbonyl (C=O) groups is 2. The van der Waals surface area contributed by atoms with Gasteiger partial charge in [0.05, 0.1) is 5.01 Å². The summed E-state index contributed by atoms with van der Waals surface area (Å²) in [5.41, 5.74) is 0.346. The lowest BCUT2D eigenvalue weighted by Gasteiger charge is -2.11. The van der Waals surface area contributed by atoms with E-state index in [1.807, 2.05) is 12.3 Å². The third-order valence-electron chi connectivity index (χ3n) is 2.81. The molecule has 1 unspecified atom stereocenters. The Morgan fingerprint density at radius 3 is 3.00 bits per heavy atom. The highest BCUT2D eigenvalue weighted by molar-refractivity contribution is 7.09. The van der Waals surface area contributed by atoms with E-state index in [0.29, 0.717) is 12.2 Å². The van der Waals surface area contributed by atoms with Crippen molar-refractivity contribution in [1.29, 1.82) is 0 Å². The highest BCUT2D eigenvalue weighted by Gasteiger charge is 2.14. The highest BCUT2D eigenvalue weighted by atomic mass is 32.1. The summed E-state index contributed by atoms with van der Waals surface area (Å²) in [6.07, 6.45) is 3.31. The molecule has 2 aromatic rings. The van der Waals surface area contributed by atoms with Gasteiger partial charge in [-0.15, -0.1) is 11.3 Å². The van der Waals surface area contributed by atoms with Crippen LogP contribution in [0.5, 0.6) is 0 Å². The first-order valence-electron chi connectivity index (χ1n) is 6.12. The van der Waals surface area contributed by atoms with Gasteiger partial charge in [0.25, 0.3) is 5.91 Å². The van der Waals surface area contributed by atoms with Crippen molar-refractivity contribution in [2.24, 2.45) is 0 Å². The van der Waals surface area contributed by atoms with Crippen LogP contribution in [0.3, 0.4) is 0 Å². The molecule has 1 amide bonds. The van der Waals surface area contributed by atoms with Crippen molar-refractivity contribution in [1.82, 2.24) is 14.9 Å². The number of carboxylic acid groups (broad SMARTS) is 1. The molecular weight excluding hydrogens is 278 g/mol. The van der Waals surface area contributed by atoms with Crippen molar-refractivity contribution < 1.29 is 14.7 Å². The lowest BCUT2D eigenvalue weighted by Crippen LogP contribution is -2.29. The summed E-state index contributed by atoms with van der Waals surface area (Å²) in [5, 5.41) is 14.4. The Morgan fingerprint density at radius 1 is 1.55 bits per heavy atom. The predicted molar refractivity (Wildman–Crippen MR) is 74.9 cm³/mol. The van der Waals surface area contributed by atoms with Crippen LogP contribution >= 0.6 is 11.3 Å². The number of nitrogens with one attached hydrogen (secondary N) is 1. The Labute approximate surface area is 120 Å². The number of amides is 1. The Hall–Kier alpha value is -2.15. The van der Waals surface area contributed by atoms with Gasteiger partial charge in [0.15, 0.2) is 0 Å². The molecule has 106 valence electrons. The van der Waals surface area contributed by atoms with Crippen LogP contribution in [0.1, 0.15) is 28.3 Å². The summed E-state index contributed by atoms with van der Waals surface area (Å²) in [6, 6.07) is 3.26. The fraction of sp³-hybridized carbons (Fsp3) is 0.308. The van der Waals surface area contributed by atoms with Crippen LogP contribution in [-0.2, 0) is 11.3 Å². The van der Waals surface area contributed by atoms with Crippen LogP contribution in [0.15, 0.2) is 29.9 Å². The second kappa shape index (κ2) is 6.33. The number of thiazole rings is 1. The van der Waals surface area contributed by atoms with Gasteiger partial charge >= 0.3 is 5.97 Å². The molecule has 0 aromatic carbocycles. The summed E-state index contributed by atoms with van der Waals surface area (Å²) < 4.78 is 1.41. The summed E-state index contributed by atoms with van der Waals surface area (Å²) in [7, 11) is 0. The van der Waals surface area contributed by atoms with Gasteiger partial charge in [0, 0.05) is 30.2 Å². The summed E-state index contributed by atoms with van der Waals surface area (Å²) in [6.45, 7) is 2.22. The third kappa shape index (κ3) is 3.45. The van der Waals surface area contributed by atoms with E-state index in [0.717, 1.165) is 5.01 Å². The molecule has 0 saturated heterocycles. The number of nitrogens with zero attached hydrogens (tertiary/aromatic N) is 2. The zero-order chi connectivity index (χ0) is 14.5. The molecule has 6 nitrogen and oxygen atoms in total. The van der Waals surface area contributed by atoms with Crippen LogP contribution in [-0.4, -0.2) is 33.1 Å². The van der Waals surface area contributed by atoms with E-state index in [9.17, 15) is 9.59 Å². The van der Waals surface area contributed by atoms with Crippen molar-refractivity contribution in [2.45, 2.75) is 19.4 Å². The molecule has 2 rings (SSSR count). The molecule has 0 saturated carbocycles. The van der Waals surface area contributed by atoms with E-state index in [2.05, 4.69) is 10.3 Å². The van der Waals surface area contributed by atoms with E-state index in [-0.39, 0.29) is 18.4 Å². The summed E-state index contributed by atoms with van der Waals surface area (Å²) in [4.78, 5) is 26.9. The molecule has 7 heteroatoms. The van der Waals surface area contributed by atoms with E-state index in [1.54, 1.807) is 35.9 Å². The van der Waals surface area contributed by atoms with Crippen molar-refractivity contribution in [3.05, 3.63) is 40.6 Å². The van der Waals surface area contributed by atoms with Crippen LogP contribution in [0, 0.1) is 0 Å². The average Bonchev–Trinajstić information content (AvgIpc) is 3.05. The molecule has 1 atom stereocenters. The van der Waals surface area contributed by atoms with Crippen LogP contribution in [0.25, 0.3) is 0 Å². The number of carbonyl (C=O) groups excluding carboxylic acids is 1. The molecule has 0 spiro atoms. The molecule has 20 heavy (non-hydrogen) atoms. The van der Waals surface area contributed by atoms with Crippen molar-refractivity contribution in [3.63, 3.8) is 0 Å². The molecule has 2 heterocycles. The number of rotatable bonds is 6. The molecule has 2 aromatic heterocycles. The fourth-order valence-corrected chi connectivity index (χ4v) is 2.50. The van der Waals surface area contributed by atoms with E-state index >= 15 is 0 Å². The van der Waals surface area contributed by atoms with Gasteiger partial charge in [-0.2, -0.15) is 0 Å². The topological polar surface area (TPSA) is 84.2 Å². The minimum Gasteiger partial charge on any atom is -0.480 e. The molecule has 0 aliphatic heterocycles. The molecule has 0 aliphatic carbocycles. The maximum absolute atomic E-state index is 12.0. The van der Waals surface area contributed by atoms with Crippen LogP contribution in [0.2, 0.25) is 0 Å². The number of hydrogen-bond donors (Lipinski definition) is 2. The lowest BCUT2D eigenvalue weighted by atomic mass is 10.2. The number of carboxylic acids is 1. The second-order valence-electron chi connectivity index (χ2n) is 4.40. The van der Waals surface area contributed by atoms with E-state index < -0.39 is 5.97 Å². The van der Waals surface area contributed by atoms with E-state index in [1.165, 1.54) is 4.57 Å². The Balaban J connectivity index is 1.95. The Bertz CT molecular complexity index is 592. The average molecular weight is 293 g/mol. The summed E-state index contributed by atoms with van der Waals surface area (Å²) in [5.74, 6) is -1.13. The van der Waals surface area contributed by atoms with Gasteiger partial charge in [-0.25, -0.2) is 4.98 Å². The van der Waals surface area contributed by atoms with Gasteiger partial charge in [0.2, 0.25) is 0 Å². The first-order valence-corrected chi connectivity index (χ1v) is 7.00. The molecule has 0 bridgehead atoms. The lowest BCUT2D eigenvalue weighted by molar-refractivity contribution is -0.137. The standard InChI is InChI=1S/C13H15N3O3S/c1-9(13-14-4-6-20-13)7-15-12(19)10-3-2-5-16(10)8-11(17)18/h2-6,9H,7-8H2,1H3,(H,15,19)(H,17,18). The van der Waals surface area contributed by atoms with Crippen molar-refractivity contribution in [2.75, 3.05) is 6.54 Å². The molecular formula is C13H15N3O3S. The van der Waals surface area contributed by atoms with E-state index in [4.69, 9.17) is 5.11 Å². The third-order valence-corrected chi connectivity index (χ3v) is 3.82. The van der Waals surface area contributed by atoms with Crippen LogP contribution < -0.4 is 5.32 Å². The Kier molecular flexibility index (Phi) is 4.52. The maximum Gasteiger partial charge on any atom is 0.323 e. The second-order valence-corrected chi connectivity index (χ2v) is 5.32. The zero-order valence-electron chi connectivity index (χ0n) is 10.9. The minimum atomic E-state index is -0.980. The fourth-order valence-electron chi connectivity index (χ4n) is 1.81. The highest BCUT2D eigenvalue weighted by Crippen LogP contribution is 2.16. The van der Waals surface area contributed by atoms with Gasteiger partial charge in [-0.05, 0) is 12.1 Å². The van der Waals surface area contributed by atoms with Crippen LogP contribution in [0.4, 0.5) is 0 Å². The summed E-state index contributed by atoms with van der Waals surface area (Å²) >= 11 is 1.55. The molecule has 0 aliphatic rings. The molecule has 0 fully saturated rings. The monoisotopic (exact) mass is 293 g/mol. The minimum absolute atomic E-state index is 0.127. The predicted octanol–water partition coefficient (Wildman–Crippen LogP) is 1.56. The normalized spacial score (nSPS) is 12.1.